The predicted octanol–water partition coefficient (Wildman–Crippen LogP) is 14.2. The first-order valence-electron chi connectivity index (χ1n) is 36.4. The number of hydrogen-bond donors (Lipinski definition) is 3. The molecule has 0 spiro atoms. The summed E-state index contributed by atoms with van der Waals surface area (Å²) in [4.78, 5) is 3.46. The molecular formula is C74H114F2N10O4. The van der Waals surface area contributed by atoms with Gasteiger partial charge in [0.05, 0.1) is 61.6 Å². The van der Waals surface area contributed by atoms with Gasteiger partial charge in [-0.25, -0.2) is 13.5 Å². The van der Waals surface area contributed by atoms with E-state index in [4.69, 9.17) is 4.74 Å². The molecule has 3 heterocycles. The van der Waals surface area contributed by atoms with Crippen molar-refractivity contribution in [2.24, 2.45) is 123 Å². The van der Waals surface area contributed by atoms with Gasteiger partial charge in [-0.3, -0.25) is 0 Å². The summed E-state index contributed by atoms with van der Waals surface area (Å²) in [6, 6.07) is 0. The summed E-state index contributed by atoms with van der Waals surface area (Å²) in [5.74, 6) is 11.0. The highest BCUT2D eigenvalue weighted by Gasteiger charge is 2.63. The van der Waals surface area contributed by atoms with Gasteiger partial charge in [0.2, 0.25) is 0 Å². The van der Waals surface area contributed by atoms with Crippen LogP contribution >= 0.6 is 0 Å². The number of aryl methyl sites for hydroxylation is 1. The number of allylic oxidation sites excluding steroid dienone is 3. The first-order valence-corrected chi connectivity index (χ1v) is 36.4. The van der Waals surface area contributed by atoms with Gasteiger partial charge in [-0.15, -0.1) is 15.3 Å². The van der Waals surface area contributed by atoms with Crippen molar-refractivity contribution < 1.29 is 28.8 Å². The average Bonchev–Trinajstić information content (AvgIpc) is 1.43. The van der Waals surface area contributed by atoms with Crippen LogP contribution in [0.1, 0.15) is 208 Å². The number of alkyl halides is 2. The quantitative estimate of drug-likeness (QED) is 0.147. The van der Waals surface area contributed by atoms with Crippen LogP contribution in [-0.4, -0.2) is 108 Å². The Morgan fingerprint density at radius 3 is 1.48 bits per heavy atom. The van der Waals surface area contributed by atoms with Crippen molar-refractivity contribution in [1.82, 2.24) is 50.2 Å². The minimum absolute atomic E-state index is 0.0717. The van der Waals surface area contributed by atoms with Crippen LogP contribution in [0.5, 0.6) is 0 Å². The van der Waals surface area contributed by atoms with Gasteiger partial charge < -0.3 is 20.1 Å². The Bertz CT molecular complexity index is 2860. The first kappa shape index (κ1) is 65.0. The summed E-state index contributed by atoms with van der Waals surface area (Å²) < 4.78 is 38.3. The minimum Gasteiger partial charge on any atom is -0.390 e. The molecule has 0 saturated heterocycles. The number of tetrazole rings is 1. The van der Waals surface area contributed by atoms with Crippen molar-refractivity contribution in [3.8, 4) is 0 Å². The second kappa shape index (κ2) is 25.1. The highest BCUT2D eigenvalue weighted by molar-refractivity contribution is 5.20. The molecule has 3 aromatic rings. The monoisotopic (exact) mass is 1240 g/mol. The molecule has 0 aromatic carbocycles. The lowest BCUT2D eigenvalue weighted by Gasteiger charge is -2.57. The molecule has 3 aromatic heterocycles. The van der Waals surface area contributed by atoms with E-state index in [-0.39, 0.29) is 22.7 Å². The van der Waals surface area contributed by atoms with E-state index in [0.717, 1.165) is 74.6 Å². The lowest BCUT2D eigenvalue weighted by molar-refractivity contribution is -0.127. The minimum atomic E-state index is -0.745. The number of rotatable bonds is 12. The van der Waals surface area contributed by atoms with Gasteiger partial charge in [-0.1, -0.05) is 62.4 Å². The highest BCUT2D eigenvalue weighted by atomic mass is 19.1. The van der Waals surface area contributed by atoms with Crippen LogP contribution in [0.3, 0.4) is 0 Å². The normalized spacial score (nSPS) is 47.1. The summed E-state index contributed by atoms with van der Waals surface area (Å²) >= 11 is 0. The van der Waals surface area contributed by atoms with E-state index in [1.807, 2.05) is 38.6 Å². The van der Waals surface area contributed by atoms with Gasteiger partial charge >= 0.3 is 0 Å². The maximum absolute atomic E-state index is 15.4. The Balaban J connectivity index is 0.000000124. The van der Waals surface area contributed by atoms with Crippen molar-refractivity contribution in [3.63, 3.8) is 0 Å². The molecule has 12 fully saturated rings. The summed E-state index contributed by atoms with van der Waals surface area (Å²) in [5, 5.41) is 61.3. The van der Waals surface area contributed by atoms with Gasteiger partial charge in [0.25, 0.3) is 0 Å². The van der Waals surface area contributed by atoms with Crippen molar-refractivity contribution >= 4 is 0 Å². The Kier molecular flexibility index (Phi) is 18.1. The van der Waals surface area contributed by atoms with E-state index in [2.05, 4.69) is 76.4 Å². The largest absolute Gasteiger partial charge is 0.390 e. The fraction of sp³-hybridized carbons (Fsp3) is 0.851. The smallest absolute Gasteiger partial charge is 0.171 e. The molecule has 498 valence electrons. The number of hydrogen-bond acceptors (Lipinski definition) is 11. The fourth-order valence-electron chi connectivity index (χ4n) is 25.3. The lowest BCUT2D eigenvalue weighted by atomic mass is 9.48. The van der Waals surface area contributed by atoms with Gasteiger partial charge in [0.15, 0.2) is 5.82 Å². The first-order chi connectivity index (χ1) is 42.9. The number of nitrogens with zero attached hydrogens (tertiary/aromatic N) is 10. The van der Waals surface area contributed by atoms with Crippen molar-refractivity contribution in [1.29, 1.82) is 0 Å². The third-order valence-corrected chi connectivity index (χ3v) is 29.2. The summed E-state index contributed by atoms with van der Waals surface area (Å²) in [6.07, 6.45) is 32.6. The Hall–Kier alpha value is -3.73. The van der Waals surface area contributed by atoms with Crippen LogP contribution in [0.2, 0.25) is 0 Å². The van der Waals surface area contributed by atoms with E-state index < -0.39 is 29.1 Å². The van der Waals surface area contributed by atoms with Crippen LogP contribution in [0, 0.1) is 130 Å². The second-order valence-corrected chi connectivity index (χ2v) is 34.1. The SMILES string of the molecule is C=C(Cn1ccnn1)[C@H]1CC[C@H]2[C@@H]3C[C@@H](F)[C@H]4C[C@](C)(O)CC[C@@H]4[C@H]3CC[C@]12C.C=C(Cn1nccn1)[C@H]1CC[C@H]2[C@@H]3C[C@@H](F)[C@H]4C[C@](C)(O)CC[C@@H]4[C@H]3CC[C@]12C.C=C(Cn1nnc(C)n1)[C@H]1CC[C@H]2[C@@H]3CC[C@H]4C[C@@](O)(COCC)CC[C@@H]4[C@H]3CC[C@]12C. The standard InChI is InChI=1S/C26H42N4O2.2C24H36FN3O/c1-5-32-16-26(31)13-11-20-19(14-26)6-7-22-21(20)10-12-25(4)23(8-9-24(22)25)17(2)15-30-28-18(3)27-29-30;1-15(14-28-11-10-26-27-28)20-4-5-21-18-12-22(25)19-13-23(2,29)8-6-17(19)16(18)7-9-24(20,21)3;1-15(14-28-26-10-11-27-28)20-4-5-21-18-12-22(25)19-13-23(2,29)8-6-17(19)16(18)7-9-24(20,21)3/h19-24,31H,2,5-16H2,1,3-4H3;2*10-11,16-22,29H,1,4-9,12-14H2,2-3H3/t19-,20-,21+,22+,23+,24-,25+,26+;2*16-,17-,18-,19+,20-,21+,22-,23-,24-/m011/s1. The molecular weight excluding hydrogens is 1130 g/mol. The summed E-state index contributed by atoms with van der Waals surface area (Å²) in [6.45, 7) is 32.0. The summed E-state index contributed by atoms with van der Waals surface area (Å²) in [5.41, 5.74) is 2.71. The highest BCUT2D eigenvalue weighted by Crippen LogP contribution is 2.69. The third-order valence-electron chi connectivity index (χ3n) is 29.2. The molecule has 15 rings (SSSR count). The van der Waals surface area contributed by atoms with Crippen LogP contribution in [0.4, 0.5) is 8.78 Å². The van der Waals surface area contributed by atoms with E-state index >= 15 is 8.78 Å². The molecule has 16 heteroatoms. The average molecular weight is 1250 g/mol. The molecule has 0 bridgehead atoms. The number of aliphatic hydroxyl groups is 3. The van der Waals surface area contributed by atoms with Crippen molar-refractivity contribution in [3.05, 3.63) is 67.1 Å². The van der Waals surface area contributed by atoms with Gasteiger partial charge in [-0.2, -0.15) is 19.8 Å². The number of fused-ring (bicyclic) bond motifs is 15. The van der Waals surface area contributed by atoms with E-state index in [1.54, 1.807) is 28.2 Å². The number of aromatic nitrogens is 10. The number of ether oxygens (including phenoxy) is 1. The van der Waals surface area contributed by atoms with E-state index in [9.17, 15) is 15.3 Å². The zero-order chi connectivity index (χ0) is 63.3. The molecule has 26 atom stereocenters. The zero-order valence-corrected chi connectivity index (χ0v) is 56.2. The van der Waals surface area contributed by atoms with Crippen LogP contribution in [0.15, 0.2) is 61.2 Å². The van der Waals surface area contributed by atoms with E-state index in [0.29, 0.717) is 128 Å². The van der Waals surface area contributed by atoms with Gasteiger partial charge in [-0.05, 0) is 316 Å². The van der Waals surface area contributed by atoms with Crippen molar-refractivity contribution in [2.75, 3.05) is 13.2 Å². The topological polar surface area (TPSA) is 175 Å². The maximum Gasteiger partial charge on any atom is 0.171 e. The third kappa shape index (κ3) is 12.2. The molecule has 0 radical (unpaired) electrons. The lowest BCUT2D eigenvalue weighted by Crippen LogP contribution is -2.54. The predicted molar refractivity (Wildman–Crippen MR) is 345 cm³/mol. The molecule has 14 nitrogen and oxygen atoms in total. The molecule has 12 aliphatic carbocycles. The molecule has 12 saturated carbocycles. The maximum atomic E-state index is 15.4. The van der Waals surface area contributed by atoms with E-state index in [1.165, 1.54) is 113 Å². The Labute approximate surface area is 537 Å². The zero-order valence-electron chi connectivity index (χ0n) is 56.2. The van der Waals surface area contributed by atoms with Crippen molar-refractivity contribution in [2.45, 2.75) is 258 Å². The molecule has 0 amide bonds. The summed E-state index contributed by atoms with van der Waals surface area (Å²) in [7, 11) is 0. The Morgan fingerprint density at radius 1 is 0.522 bits per heavy atom. The molecule has 12 aliphatic rings. The van der Waals surface area contributed by atoms with Gasteiger partial charge in [0, 0.05) is 12.8 Å². The van der Waals surface area contributed by atoms with Crippen LogP contribution < -0.4 is 0 Å². The molecule has 3 N–H and O–H groups in total. The van der Waals surface area contributed by atoms with Gasteiger partial charge in [0.1, 0.15) is 12.3 Å². The number of halogens is 2. The molecule has 0 aliphatic heterocycles. The second-order valence-electron chi connectivity index (χ2n) is 34.1. The van der Waals surface area contributed by atoms with Crippen LogP contribution in [-0.2, 0) is 24.4 Å². The molecule has 0 unspecified atom stereocenters. The van der Waals surface area contributed by atoms with Crippen LogP contribution in [0.25, 0.3) is 0 Å². The Morgan fingerprint density at radius 2 is 0.989 bits per heavy atom. The fourth-order valence-corrected chi connectivity index (χ4v) is 25.3. The molecule has 90 heavy (non-hydrogen) atoms.